The van der Waals surface area contributed by atoms with E-state index in [0.29, 0.717) is 21.5 Å². The molecule has 2 aromatic rings. The van der Waals surface area contributed by atoms with Crippen LogP contribution in [0.25, 0.3) is 0 Å². The zero-order valence-electron chi connectivity index (χ0n) is 8.11. The van der Waals surface area contributed by atoms with E-state index >= 15 is 0 Å². The Hall–Kier alpha value is -0.900. The molecule has 0 unspecified atom stereocenters. The van der Waals surface area contributed by atoms with Gasteiger partial charge in [-0.15, -0.1) is 11.3 Å². The lowest BCUT2D eigenvalue weighted by molar-refractivity contribution is 0.0989. The Kier molecular flexibility index (Phi) is 3.59. The molecule has 0 atom stereocenters. The van der Waals surface area contributed by atoms with Gasteiger partial charge in [-0.25, -0.2) is 0 Å². The van der Waals surface area contributed by atoms with Crippen molar-refractivity contribution >= 4 is 40.3 Å². The Balaban J connectivity index is 2.11. The molecular weight excluding hydrogens is 265 g/mol. The highest BCUT2D eigenvalue weighted by Crippen LogP contribution is 2.22. The van der Waals surface area contributed by atoms with Crippen molar-refractivity contribution in [1.82, 2.24) is 4.98 Å². The predicted octanol–water partition coefficient (Wildman–Crippen LogP) is 3.88. The van der Waals surface area contributed by atoms with Crippen LogP contribution in [-0.2, 0) is 6.42 Å². The molecule has 5 heteroatoms. The molecule has 0 radical (unpaired) electrons. The van der Waals surface area contributed by atoms with Gasteiger partial charge in [-0.05, 0) is 24.3 Å². The average molecular weight is 272 g/mol. The molecule has 2 rings (SSSR count). The molecule has 2 nitrogen and oxygen atoms in total. The molecular formula is C11H7Cl2NOS. The highest BCUT2D eigenvalue weighted by Gasteiger charge is 2.09. The van der Waals surface area contributed by atoms with E-state index in [0.717, 1.165) is 4.88 Å². The van der Waals surface area contributed by atoms with Crippen LogP contribution in [0, 0.1) is 0 Å². The number of carbonyl (C=O) groups is 1. The number of nitrogens with zero attached hydrogens (tertiary/aromatic N) is 1. The van der Waals surface area contributed by atoms with Crippen LogP contribution < -0.4 is 0 Å². The second kappa shape index (κ2) is 4.95. The van der Waals surface area contributed by atoms with Crippen LogP contribution in [0.5, 0.6) is 0 Å². The first-order valence-corrected chi connectivity index (χ1v) is 6.11. The molecule has 0 saturated heterocycles. The molecule has 0 N–H and O–H groups in total. The maximum Gasteiger partial charge on any atom is 0.186 e. The summed E-state index contributed by atoms with van der Waals surface area (Å²) in [4.78, 5) is 16.7. The van der Waals surface area contributed by atoms with E-state index in [4.69, 9.17) is 23.2 Å². The van der Waals surface area contributed by atoms with Crippen molar-refractivity contribution in [3.05, 3.63) is 50.4 Å². The van der Waals surface area contributed by atoms with E-state index in [-0.39, 0.29) is 5.78 Å². The Morgan fingerprint density at radius 2 is 2.06 bits per heavy atom. The summed E-state index contributed by atoms with van der Waals surface area (Å²) in [6, 6.07) is 6.91. The van der Waals surface area contributed by atoms with Crippen molar-refractivity contribution in [2.24, 2.45) is 0 Å². The summed E-state index contributed by atoms with van der Waals surface area (Å²) >= 11 is 12.9. The van der Waals surface area contributed by atoms with Crippen LogP contribution in [0.2, 0.25) is 9.36 Å². The van der Waals surface area contributed by atoms with Gasteiger partial charge >= 0.3 is 0 Å². The van der Waals surface area contributed by atoms with Crippen LogP contribution >= 0.6 is 34.5 Å². The van der Waals surface area contributed by atoms with Gasteiger partial charge in [-0.3, -0.25) is 9.78 Å². The van der Waals surface area contributed by atoms with E-state index < -0.39 is 0 Å². The number of halogens is 2. The molecule has 0 amide bonds. The zero-order valence-corrected chi connectivity index (χ0v) is 10.4. The van der Waals surface area contributed by atoms with E-state index in [9.17, 15) is 4.79 Å². The second-order valence-electron chi connectivity index (χ2n) is 3.17. The number of pyridine rings is 1. The fraction of sp³-hybridized carbons (Fsp3) is 0.0909. The molecule has 2 aromatic heterocycles. The van der Waals surface area contributed by atoms with Gasteiger partial charge in [0.2, 0.25) is 0 Å². The molecule has 0 bridgehead atoms. The third-order valence-corrected chi connectivity index (χ3v) is 3.43. The molecule has 16 heavy (non-hydrogen) atoms. The predicted molar refractivity (Wildman–Crippen MR) is 66.6 cm³/mol. The highest BCUT2D eigenvalue weighted by molar-refractivity contribution is 7.16. The lowest BCUT2D eigenvalue weighted by Gasteiger charge is -1.98. The van der Waals surface area contributed by atoms with E-state index in [1.165, 1.54) is 17.5 Å². The standard InChI is InChI=1S/C11H7Cl2NOS/c12-7-1-3-9(14-6-7)10(15)5-8-2-4-11(13)16-8/h1-4,6H,5H2. The SMILES string of the molecule is O=C(Cc1ccc(Cl)s1)c1ccc(Cl)cn1. The van der Waals surface area contributed by atoms with Gasteiger partial charge in [-0.1, -0.05) is 23.2 Å². The number of hydrogen-bond donors (Lipinski definition) is 0. The van der Waals surface area contributed by atoms with Gasteiger partial charge < -0.3 is 0 Å². The number of aromatic nitrogens is 1. The van der Waals surface area contributed by atoms with Crippen LogP contribution in [0.1, 0.15) is 15.4 Å². The molecule has 0 aliphatic rings. The molecule has 0 aliphatic carbocycles. The van der Waals surface area contributed by atoms with Gasteiger partial charge in [0.15, 0.2) is 5.78 Å². The summed E-state index contributed by atoms with van der Waals surface area (Å²) in [7, 11) is 0. The summed E-state index contributed by atoms with van der Waals surface area (Å²) in [5.41, 5.74) is 0.425. The van der Waals surface area contributed by atoms with Crippen LogP contribution in [0.3, 0.4) is 0 Å². The maximum atomic E-state index is 11.8. The molecule has 0 saturated carbocycles. The fourth-order valence-corrected chi connectivity index (χ4v) is 2.43. The first kappa shape index (κ1) is 11.6. The molecule has 0 fully saturated rings. The van der Waals surface area contributed by atoms with Crippen molar-refractivity contribution in [1.29, 1.82) is 0 Å². The number of Topliss-reactive ketones (excluding diaryl/α,β-unsaturated/α-hetero) is 1. The van der Waals surface area contributed by atoms with Gasteiger partial charge in [0.05, 0.1) is 9.36 Å². The fourth-order valence-electron chi connectivity index (χ4n) is 1.24. The summed E-state index contributed by atoms with van der Waals surface area (Å²) in [6.45, 7) is 0. The van der Waals surface area contributed by atoms with Crippen LogP contribution in [-0.4, -0.2) is 10.8 Å². The average Bonchev–Trinajstić information content (AvgIpc) is 2.65. The first-order valence-electron chi connectivity index (χ1n) is 4.54. The molecule has 0 aromatic carbocycles. The third kappa shape index (κ3) is 2.82. The van der Waals surface area contributed by atoms with Crippen LogP contribution in [0.4, 0.5) is 0 Å². The monoisotopic (exact) mass is 271 g/mol. The van der Waals surface area contributed by atoms with Gasteiger partial charge in [0, 0.05) is 17.5 Å². The summed E-state index contributed by atoms with van der Waals surface area (Å²) in [5.74, 6) is -0.0322. The van der Waals surface area contributed by atoms with Gasteiger partial charge in [0.1, 0.15) is 5.69 Å². The second-order valence-corrected chi connectivity index (χ2v) is 5.40. The van der Waals surface area contributed by atoms with Gasteiger partial charge in [0.25, 0.3) is 0 Å². The van der Waals surface area contributed by atoms with Crippen molar-refractivity contribution in [2.75, 3.05) is 0 Å². The minimum atomic E-state index is -0.0322. The van der Waals surface area contributed by atoms with Crippen molar-refractivity contribution < 1.29 is 4.79 Å². The number of ketones is 1. The molecule has 82 valence electrons. The largest absolute Gasteiger partial charge is 0.292 e. The zero-order chi connectivity index (χ0) is 11.5. The van der Waals surface area contributed by atoms with E-state index in [2.05, 4.69) is 4.98 Å². The van der Waals surface area contributed by atoms with Gasteiger partial charge in [-0.2, -0.15) is 0 Å². The first-order chi connectivity index (χ1) is 7.65. The normalized spacial score (nSPS) is 10.4. The molecule has 0 spiro atoms. The number of hydrogen-bond acceptors (Lipinski definition) is 3. The van der Waals surface area contributed by atoms with Crippen molar-refractivity contribution in [3.8, 4) is 0 Å². The van der Waals surface area contributed by atoms with Crippen LogP contribution in [0.15, 0.2) is 30.5 Å². The molecule has 0 aliphatic heterocycles. The molecule has 2 heterocycles. The van der Waals surface area contributed by atoms with Crippen molar-refractivity contribution in [2.45, 2.75) is 6.42 Å². The van der Waals surface area contributed by atoms with E-state index in [1.807, 2.05) is 6.07 Å². The maximum absolute atomic E-state index is 11.8. The minimum absolute atomic E-state index is 0.0322. The van der Waals surface area contributed by atoms with Crippen molar-refractivity contribution in [3.63, 3.8) is 0 Å². The smallest absolute Gasteiger partial charge is 0.186 e. The summed E-state index contributed by atoms with van der Waals surface area (Å²) in [5, 5.41) is 0.524. The van der Waals surface area contributed by atoms with E-state index in [1.54, 1.807) is 18.2 Å². The number of rotatable bonds is 3. The minimum Gasteiger partial charge on any atom is -0.292 e. The third-order valence-electron chi connectivity index (χ3n) is 1.98. The number of carbonyl (C=O) groups excluding carboxylic acids is 1. The Morgan fingerprint density at radius 3 is 2.62 bits per heavy atom. The number of thiophene rings is 1. The topological polar surface area (TPSA) is 30.0 Å². The Labute approximate surface area is 107 Å². The lowest BCUT2D eigenvalue weighted by Crippen LogP contribution is -2.04. The quantitative estimate of drug-likeness (QED) is 0.794. The summed E-state index contributed by atoms with van der Waals surface area (Å²) < 4.78 is 0.687. The highest BCUT2D eigenvalue weighted by atomic mass is 35.5. The Bertz CT molecular complexity index is 507. The lowest BCUT2D eigenvalue weighted by atomic mass is 10.2. The Morgan fingerprint density at radius 1 is 1.25 bits per heavy atom. The summed E-state index contributed by atoms with van der Waals surface area (Å²) in [6.07, 6.45) is 1.79.